The lowest BCUT2D eigenvalue weighted by Crippen LogP contribution is -2.48. The highest BCUT2D eigenvalue weighted by Crippen LogP contribution is 2.52. The summed E-state index contributed by atoms with van der Waals surface area (Å²) < 4.78 is 11.7. The predicted molar refractivity (Wildman–Crippen MR) is 129 cm³/mol. The molecule has 4 aliphatic rings. The highest BCUT2D eigenvalue weighted by Gasteiger charge is 2.46. The molecule has 3 amide bonds. The van der Waals surface area contributed by atoms with Gasteiger partial charge in [0.25, 0.3) is 11.8 Å². The molecule has 3 aliphatic heterocycles. The Morgan fingerprint density at radius 3 is 2.29 bits per heavy atom. The summed E-state index contributed by atoms with van der Waals surface area (Å²) in [6, 6.07) is 11.1. The summed E-state index contributed by atoms with van der Waals surface area (Å²) in [5.41, 5.74) is 3.30. The highest BCUT2D eigenvalue weighted by molar-refractivity contribution is 6.21. The third kappa shape index (κ3) is 3.51. The van der Waals surface area contributed by atoms with Crippen LogP contribution >= 0.6 is 0 Å². The monoisotopic (exact) mass is 474 g/mol. The Balaban J connectivity index is 1.19. The Hall–Kier alpha value is -3.35. The van der Waals surface area contributed by atoms with E-state index in [0.717, 1.165) is 42.7 Å². The van der Waals surface area contributed by atoms with Gasteiger partial charge in [0.05, 0.1) is 17.2 Å². The number of imide groups is 1. The van der Waals surface area contributed by atoms with Crippen LogP contribution in [0.25, 0.3) is 0 Å². The van der Waals surface area contributed by atoms with E-state index in [2.05, 4.69) is 19.1 Å². The molecule has 182 valence electrons. The zero-order valence-corrected chi connectivity index (χ0v) is 20.0. The molecule has 7 nitrogen and oxygen atoms in total. The number of hydrogen-bond donors (Lipinski definition) is 0. The van der Waals surface area contributed by atoms with E-state index in [-0.39, 0.29) is 35.7 Å². The molecule has 0 saturated heterocycles. The van der Waals surface area contributed by atoms with Gasteiger partial charge in [-0.25, -0.2) is 0 Å². The van der Waals surface area contributed by atoms with Crippen LogP contribution in [0, 0.1) is 0 Å². The highest BCUT2D eigenvalue weighted by atomic mass is 16.6. The molecule has 2 aromatic rings. The van der Waals surface area contributed by atoms with Crippen LogP contribution in [0.15, 0.2) is 36.4 Å². The van der Waals surface area contributed by atoms with Crippen LogP contribution in [0.5, 0.6) is 11.5 Å². The van der Waals surface area contributed by atoms with Crippen molar-refractivity contribution in [2.75, 3.05) is 26.3 Å². The lowest BCUT2D eigenvalue weighted by atomic mass is 9.71. The van der Waals surface area contributed by atoms with E-state index in [1.165, 1.54) is 10.5 Å². The number of carbonyl (C=O) groups is 3. The molecule has 1 atom stereocenters. The van der Waals surface area contributed by atoms with Crippen LogP contribution in [-0.2, 0) is 10.2 Å². The van der Waals surface area contributed by atoms with Crippen LogP contribution in [0.2, 0.25) is 0 Å². The van der Waals surface area contributed by atoms with Crippen LogP contribution < -0.4 is 9.47 Å². The molecule has 1 unspecified atom stereocenters. The van der Waals surface area contributed by atoms with E-state index in [9.17, 15) is 14.4 Å². The van der Waals surface area contributed by atoms with Gasteiger partial charge in [-0.1, -0.05) is 25.0 Å². The van der Waals surface area contributed by atoms with Crippen LogP contribution in [0.4, 0.5) is 0 Å². The van der Waals surface area contributed by atoms with Gasteiger partial charge in [-0.05, 0) is 61.6 Å². The standard InChI is InChI=1S/C28H30N2O5/c1-18-21-15-23-24(35-14-13-34-23)16-22(21)28(10-4-5-11-28)17-30(18)25(31)9-6-12-29-26(32)19-7-2-3-8-20(19)27(29)33/h2-3,7-8,15-16,18H,4-6,9-14,17H2,1H3. The fourth-order valence-corrected chi connectivity index (χ4v) is 6.38. The number of fused-ring (bicyclic) bond motifs is 4. The second-order valence-corrected chi connectivity index (χ2v) is 10.2. The summed E-state index contributed by atoms with van der Waals surface area (Å²) >= 11 is 0. The number of hydrogen-bond acceptors (Lipinski definition) is 5. The molecule has 1 aliphatic carbocycles. The average Bonchev–Trinajstić information content (AvgIpc) is 3.45. The number of ether oxygens (including phenoxy) is 2. The summed E-state index contributed by atoms with van der Waals surface area (Å²) in [5, 5.41) is 0. The fraction of sp³-hybridized carbons (Fsp3) is 0.464. The van der Waals surface area contributed by atoms with Crippen molar-refractivity contribution < 1.29 is 23.9 Å². The molecule has 0 N–H and O–H groups in total. The summed E-state index contributed by atoms with van der Waals surface area (Å²) in [7, 11) is 0. The van der Waals surface area contributed by atoms with Gasteiger partial charge in [-0.3, -0.25) is 19.3 Å². The quantitative estimate of drug-likeness (QED) is 0.620. The molecule has 0 radical (unpaired) electrons. The zero-order valence-electron chi connectivity index (χ0n) is 20.0. The van der Waals surface area contributed by atoms with Gasteiger partial charge in [0.2, 0.25) is 5.91 Å². The minimum Gasteiger partial charge on any atom is -0.486 e. The predicted octanol–water partition coefficient (Wildman–Crippen LogP) is 4.25. The van der Waals surface area contributed by atoms with E-state index in [1.54, 1.807) is 24.3 Å². The van der Waals surface area contributed by atoms with Crippen molar-refractivity contribution in [3.63, 3.8) is 0 Å². The molecule has 7 heteroatoms. The molecule has 2 aromatic carbocycles. The van der Waals surface area contributed by atoms with E-state index in [1.807, 2.05) is 4.90 Å². The van der Waals surface area contributed by atoms with Gasteiger partial charge >= 0.3 is 0 Å². The third-order valence-electron chi connectivity index (χ3n) is 8.21. The second kappa shape index (κ2) is 8.40. The summed E-state index contributed by atoms with van der Waals surface area (Å²) in [6.45, 7) is 4.13. The Bertz CT molecular complexity index is 1180. The molecule has 0 bridgehead atoms. The normalized spacial score (nSPS) is 21.9. The number of nitrogens with zero attached hydrogens (tertiary/aromatic N) is 2. The lowest BCUT2D eigenvalue weighted by molar-refractivity contribution is -0.135. The van der Waals surface area contributed by atoms with E-state index in [4.69, 9.17) is 9.47 Å². The van der Waals surface area contributed by atoms with Crippen LogP contribution in [-0.4, -0.2) is 53.8 Å². The number of rotatable bonds is 4. The van der Waals surface area contributed by atoms with Crippen molar-refractivity contribution in [2.45, 2.75) is 56.9 Å². The number of benzene rings is 2. The first-order valence-corrected chi connectivity index (χ1v) is 12.7. The molecule has 1 spiro atoms. The van der Waals surface area contributed by atoms with Gasteiger partial charge in [0.1, 0.15) is 13.2 Å². The maximum atomic E-state index is 13.5. The van der Waals surface area contributed by atoms with Gasteiger partial charge < -0.3 is 14.4 Å². The first kappa shape index (κ1) is 22.1. The maximum absolute atomic E-state index is 13.5. The Labute approximate surface area is 205 Å². The summed E-state index contributed by atoms with van der Waals surface area (Å²) in [6.07, 6.45) is 5.19. The van der Waals surface area contributed by atoms with E-state index >= 15 is 0 Å². The van der Waals surface area contributed by atoms with E-state index in [0.29, 0.717) is 43.7 Å². The van der Waals surface area contributed by atoms with E-state index < -0.39 is 0 Å². The molecule has 35 heavy (non-hydrogen) atoms. The Morgan fingerprint density at radius 2 is 1.63 bits per heavy atom. The minimum atomic E-state index is -0.268. The van der Waals surface area contributed by atoms with Crippen LogP contribution in [0.3, 0.4) is 0 Å². The summed E-state index contributed by atoms with van der Waals surface area (Å²) in [4.78, 5) is 42.1. The molecular formula is C28H30N2O5. The smallest absolute Gasteiger partial charge is 0.261 e. The van der Waals surface area contributed by atoms with Gasteiger partial charge in [-0.2, -0.15) is 0 Å². The van der Waals surface area contributed by atoms with Crippen molar-refractivity contribution in [2.24, 2.45) is 0 Å². The number of carbonyl (C=O) groups excluding carboxylic acids is 3. The molecule has 0 aromatic heterocycles. The average molecular weight is 475 g/mol. The van der Waals surface area contributed by atoms with Crippen molar-refractivity contribution in [1.82, 2.24) is 9.80 Å². The zero-order chi connectivity index (χ0) is 24.2. The first-order chi connectivity index (χ1) is 17.0. The molecule has 6 rings (SSSR count). The second-order valence-electron chi connectivity index (χ2n) is 10.2. The van der Waals surface area contributed by atoms with Crippen molar-refractivity contribution in [1.29, 1.82) is 0 Å². The molecular weight excluding hydrogens is 444 g/mol. The fourth-order valence-electron chi connectivity index (χ4n) is 6.38. The minimum absolute atomic E-state index is 0.0458. The molecule has 3 heterocycles. The lowest BCUT2D eigenvalue weighted by Gasteiger charge is -2.46. The van der Waals surface area contributed by atoms with Gasteiger partial charge in [-0.15, -0.1) is 0 Å². The van der Waals surface area contributed by atoms with Crippen molar-refractivity contribution in [3.8, 4) is 11.5 Å². The largest absolute Gasteiger partial charge is 0.486 e. The van der Waals surface area contributed by atoms with Gasteiger partial charge in [0.15, 0.2) is 11.5 Å². The maximum Gasteiger partial charge on any atom is 0.261 e. The first-order valence-electron chi connectivity index (χ1n) is 12.7. The third-order valence-corrected chi connectivity index (χ3v) is 8.21. The van der Waals surface area contributed by atoms with Crippen LogP contribution in [0.1, 0.15) is 83.3 Å². The SMILES string of the molecule is CC1c2cc3c(cc2C2(CCCC2)CN1C(=O)CCCN1C(=O)c2ccccc2C1=O)OCCO3. The summed E-state index contributed by atoms with van der Waals surface area (Å²) in [5.74, 6) is 1.11. The topological polar surface area (TPSA) is 76.2 Å². The van der Waals surface area contributed by atoms with Crippen molar-refractivity contribution in [3.05, 3.63) is 58.7 Å². The molecule has 1 fully saturated rings. The number of amides is 3. The van der Waals surface area contributed by atoms with Crippen molar-refractivity contribution >= 4 is 17.7 Å². The Kier molecular flexibility index (Phi) is 5.31. The van der Waals surface area contributed by atoms with Gasteiger partial charge in [0, 0.05) is 24.9 Å². The molecule has 1 saturated carbocycles. The Morgan fingerprint density at radius 1 is 1.00 bits per heavy atom.